The first kappa shape index (κ1) is 28.0. The lowest BCUT2D eigenvalue weighted by atomic mass is 9.88. The number of halogens is 1. The molecule has 4 aromatic rings. The summed E-state index contributed by atoms with van der Waals surface area (Å²) < 4.78 is 13.3. The number of hydrogen-bond acceptors (Lipinski definition) is 2. The van der Waals surface area contributed by atoms with E-state index >= 15 is 0 Å². The van der Waals surface area contributed by atoms with Crippen LogP contribution in [0.25, 0.3) is 11.1 Å². The third-order valence-electron chi connectivity index (χ3n) is 6.61. The van der Waals surface area contributed by atoms with Crippen LogP contribution in [0.1, 0.15) is 61.3 Å². The Kier molecular flexibility index (Phi) is 11.3. The van der Waals surface area contributed by atoms with Crippen molar-refractivity contribution in [2.45, 2.75) is 45.6 Å². The zero-order valence-electron chi connectivity index (χ0n) is 22.2. The molecule has 0 unspecified atom stereocenters. The Morgan fingerprint density at radius 2 is 1.13 bits per heavy atom. The molecular weight excluding hydrogens is 579 g/mol. The van der Waals surface area contributed by atoms with Crippen molar-refractivity contribution in [2.24, 2.45) is 0 Å². The van der Waals surface area contributed by atoms with Crippen molar-refractivity contribution in [2.75, 3.05) is 11.0 Å². The fraction of sp³-hybridized carbons (Fsp3) is 0.257. The van der Waals surface area contributed by atoms with Crippen molar-refractivity contribution in [3.8, 4) is 11.5 Å². The average molecular weight is 617 g/mol. The summed E-state index contributed by atoms with van der Waals surface area (Å²) in [4.78, 5) is 0. The summed E-state index contributed by atoms with van der Waals surface area (Å²) in [6.45, 7) is 3.57. The molecule has 0 aliphatic rings. The van der Waals surface area contributed by atoms with Gasteiger partial charge in [-0.15, -0.1) is 0 Å². The van der Waals surface area contributed by atoms with Crippen LogP contribution in [0, 0.1) is 0 Å². The molecule has 4 rings (SSSR count). The summed E-state index contributed by atoms with van der Waals surface area (Å²) in [5.74, 6) is 1.81. The van der Waals surface area contributed by atoms with Gasteiger partial charge in [0.25, 0.3) is 0 Å². The molecule has 0 bridgehead atoms. The van der Waals surface area contributed by atoms with Crippen LogP contribution in [-0.2, 0) is 6.61 Å². The van der Waals surface area contributed by atoms with E-state index in [1.807, 2.05) is 18.2 Å². The maximum atomic E-state index is 6.06. The number of ether oxygens (including phenoxy) is 2. The summed E-state index contributed by atoms with van der Waals surface area (Å²) in [7, 11) is 0. The Hall–Kier alpha value is -3.05. The minimum Gasteiger partial charge on any atom is -0.494 e. The molecule has 196 valence electrons. The van der Waals surface area contributed by atoms with Gasteiger partial charge in [-0.1, -0.05) is 127 Å². The van der Waals surface area contributed by atoms with Gasteiger partial charge >= 0.3 is 0 Å². The van der Waals surface area contributed by atoms with Crippen LogP contribution in [0.2, 0.25) is 0 Å². The summed E-state index contributed by atoms with van der Waals surface area (Å²) in [5, 5.41) is 0. The van der Waals surface area contributed by atoms with E-state index in [1.165, 1.54) is 51.5 Å². The van der Waals surface area contributed by atoms with Crippen LogP contribution in [0.15, 0.2) is 109 Å². The molecule has 0 fully saturated rings. The standard InChI is InChI=1S/C35H37IO2/c1-2-34(29-15-9-6-10-16-29)35(30-17-21-32(22-18-30)37-26-12-4-3-11-25-36)31-19-23-33(24-20-31)38-27-28-13-7-5-8-14-28/h5-10,13-24H,2-4,11-12,25-27H2,1H3/b35-34-. The number of benzene rings is 4. The van der Waals surface area contributed by atoms with Crippen LogP contribution in [0.5, 0.6) is 11.5 Å². The van der Waals surface area contributed by atoms with Gasteiger partial charge in [0.05, 0.1) is 6.61 Å². The molecule has 2 nitrogen and oxygen atoms in total. The molecule has 0 saturated heterocycles. The normalized spacial score (nSPS) is 11.6. The Labute approximate surface area is 241 Å². The van der Waals surface area contributed by atoms with Crippen molar-refractivity contribution >= 4 is 33.7 Å². The quantitative estimate of drug-likeness (QED) is 0.0608. The zero-order valence-corrected chi connectivity index (χ0v) is 24.4. The minimum absolute atomic E-state index is 0.562. The molecule has 0 amide bonds. The first-order valence-corrected chi connectivity index (χ1v) is 15.2. The Balaban J connectivity index is 1.55. The van der Waals surface area contributed by atoms with E-state index in [0.29, 0.717) is 6.61 Å². The molecule has 3 heteroatoms. The van der Waals surface area contributed by atoms with Crippen LogP contribution < -0.4 is 9.47 Å². The lowest BCUT2D eigenvalue weighted by Gasteiger charge is -2.17. The number of unbranched alkanes of at least 4 members (excludes halogenated alkanes) is 3. The number of allylic oxidation sites excluding steroid dienone is 1. The second kappa shape index (κ2) is 15.4. The summed E-state index contributed by atoms with van der Waals surface area (Å²) >= 11 is 2.45. The predicted molar refractivity (Wildman–Crippen MR) is 169 cm³/mol. The highest BCUT2D eigenvalue weighted by Gasteiger charge is 2.13. The first-order chi connectivity index (χ1) is 18.8. The molecule has 0 heterocycles. The van der Waals surface area contributed by atoms with Crippen molar-refractivity contribution in [3.63, 3.8) is 0 Å². The van der Waals surface area contributed by atoms with Gasteiger partial charge in [0.15, 0.2) is 0 Å². The topological polar surface area (TPSA) is 18.5 Å². The van der Waals surface area contributed by atoms with Gasteiger partial charge in [0.1, 0.15) is 18.1 Å². The molecule has 0 saturated carbocycles. The monoisotopic (exact) mass is 616 g/mol. The third kappa shape index (κ3) is 8.22. The average Bonchev–Trinajstić information content (AvgIpc) is 2.98. The molecule has 0 aliphatic heterocycles. The Morgan fingerprint density at radius 3 is 1.71 bits per heavy atom. The second-order valence-corrected chi connectivity index (χ2v) is 10.4. The number of alkyl halides is 1. The van der Waals surface area contributed by atoms with Gasteiger partial charge in [-0.2, -0.15) is 0 Å². The summed E-state index contributed by atoms with van der Waals surface area (Å²) in [6.07, 6.45) is 5.85. The zero-order chi connectivity index (χ0) is 26.4. The van der Waals surface area contributed by atoms with Crippen LogP contribution in [0.4, 0.5) is 0 Å². The maximum Gasteiger partial charge on any atom is 0.119 e. The maximum absolute atomic E-state index is 6.06. The highest BCUT2D eigenvalue weighted by Crippen LogP contribution is 2.35. The highest BCUT2D eigenvalue weighted by atomic mass is 127. The van der Waals surface area contributed by atoms with Gasteiger partial charge in [-0.05, 0) is 81.4 Å². The van der Waals surface area contributed by atoms with E-state index in [-0.39, 0.29) is 0 Å². The molecule has 0 atom stereocenters. The molecule has 0 N–H and O–H groups in total. The van der Waals surface area contributed by atoms with Gasteiger partial charge in [-0.25, -0.2) is 0 Å². The molecule has 0 spiro atoms. The Bertz CT molecular complexity index is 1250. The lowest BCUT2D eigenvalue weighted by Crippen LogP contribution is -1.99. The molecule has 0 aromatic heterocycles. The number of rotatable bonds is 14. The van der Waals surface area contributed by atoms with Gasteiger partial charge in [-0.3, -0.25) is 0 Å². The van der Waals surface area contributed by atoms with Gasteiger partial charge in [0.2, 0.25) is 0 Å². The van der Waals surface area contributed by atoms with E-state index in [1.54, 1.807) is 0 Å². The summed E-state index contributed by atoms with van der Waals surface area (Å²) in [5.41, 5.74) is 7.37. The molecule has 0 aliphatic carbocycles. The first-order valence-electron chi connectivity index (χ1n) is 13.6. The molecule has 38 heavy (non-hydrogen) atoms. The smallest absolute Gasteiger partial charge is 0.119 e. The van der Waals surface area contributed by atoms with Crippen LogP contribution >= 0.6 is 22.6 Å². The van der Waals surface area contributed by atoms with Crippen molar-refractivity contribution in [3.05, 3.63) is 131 Å². The molecule has 0 radical (unpaired) electrons. The van der Waals surface area contributed by atoms with Crippen LogP contribution in [0.3, 0.4) is 0 Å². The van der Waals surface area contributed by atoms with Gasteiger partial charge in [0, 0.05) is 0 Å². The Morgan fingerprint density at radius 1 is 0.579 bits per heavy atom. The predicted octanol–water partition coefficient (Wildman–Crippen LogP) is 10.0. The van der Waals surface area contributed by atoms with Crippen molar-refractivity contribution < 1.29 is 9.47 Å². The largest absolute Gasteiger partial charge is 0.494 e. The van der Waals surface area contributed by atoms with Crippen LogP contribution in [-0.4, -0.2) is 11.0 Å². The molecule has 4 aromatic carbocycles. The van der Waals surface area contributed by atoms with Crippen molar-refractivity contribution in [1.29, 1.82) is 0 Å². The van der Waals surface area contributed by atoms with E-state index in [4.69, 9.17) is 9.47 Å². The third-order valence-corrected chi connectivity index (χ3v) is 7.37. The second-order valence-electron chi connectivity index (χ2n) is 9.35. The fourth-order valence-electron chi connectivity index (χ4n) is 4.60. The van der Waals surface area contributed by atoms with Crippen molar-refractivity contribution in [1.82, 2.24) is 0 Å². The minimum atomic E-state index is 0.562. The van der Waals surface area contributed by atoms with E-state index in [2.05, 4.69) is 121 Å². The number of hydrogen-bond donors (Lipinski definition) is 0. The molecular formula is C35H37IO2. The lowest BCUT2D eigenvalue weighted by molar-refractivity contribution is 0.305. The fourth-order valence-corrected chi connectivity index (χ4v) is 5.14. The van der Waals surface area contributed by atoms with Gasteiger partial charge < -0.3 is 9.47 Å². The van der Waals surface area contributed by atoms with E-state index in [0.717, 1.165) is 36.5 Å². The van der Waals surface area contributed by atoms with E-state index in [9.17, 15) is 0 Å². The summed E-state index contributed by atoms with van der Waals surface area (Å²) in [6, 6.07) is 38.1. The van der Waals surface area contributed by atoms with E-state index < -0.39 is 0 Å². The highest BCUT2D eigenvalue weighted by molar-refractivity contribution is 14.1. The SMILES string of the molecule is CC/C(=C(\c1ccc(OCCCCCCI)cc1)c1ccc(OCc2ccccc2)cc1)c1ccccc1.